The summed E-state index contributed by atoms with van der Waals surface area (Å²) in [5, 5.41) is 3.08. The number of benzene rings is 4. The molecule has 4 rings (SSSR count). The Bertz CT molecular complexity index is 1380. The average Bonchev–Trinajstić information content (AvgIpc) is 2.99. The minimum Gasteiger partial charge on any atom is -0.489 e. The van der Waals surface area contributed by atoms with Gasteiger partial charge in [0.25, 0.3) is 5.91 Å². The van der Waals surface area contributed by atoms with E-state index in [1.54, 1.807) is 24.1 Å². The maximum absolute atomic E-state index is 12.9. The van der Waals surface area contributed by atoms with Gasteiger partial charge in [0.1, 0.15) is 18.1 Å². The number of carbonyl (C=O) groups excluding carboxylic acids is 2. The highest BCUT2D eigenvalue weighted by atomic mass is 16.5. The van der Waals surface area contributed by atoms with E-state index in [2.05, 4.69) is 29.6 Å². The molecular formula is C35H38N2O4. The quantitative estimate of drug-likeness (QED) is 0.221. The van der Waals surface area contributed by atoms with E-state index in [1.165, 1.54) is 11.1 Å². The van der Waals surface area contributed by atoms with Gasteiger partial charge in [-0.2, -0.15) is 0 Å². The van der Waals surface area contributed by atoms with Gasteiger partial charge in [0.2, 0.25) is 5.91 Å². The number of likely N-dealkylation sites (N-methyl/N-ethyl adjacent to an activating group) is 1. The fourth-order valence-electron chi connectivity index (χ4n) is 4.49. The van der Waals surface area contributed by atoms with Crippen molar-refractivity contribution < 1.29 is 19.1 Å². The van der Waals surface area contributed by atoms with Gasteiger partial charge in [-0.1, -0.05) is 91.0 Å². The lowest BCUT2D eigenvalue weighted by molar-refractivity contribution is -0.132. The molecule has 1 N–H and O–H groups in total. The Labute approximate surface area is 242 Å². The topological polar surface area (TPSA) is 67.9 Å². The van der Waals surface area contributed by atoms with Crippen molar-refractivity contribution in [2.24, 2.45) is 0 Å². The molecule has 6 heteroatoms. The Morgan fingerprint density at radius 3 is 1.93 bits per heavy atom. The summed E-state index contributed by atoms with van der Waals surface area (Å²) in [6.07, 6.45) is 1.69. The van der Waals surface area contributed by atoms with E-state index in [1.807, 2.05) is 79.7 Å². The number of nitrogens with zero attached hydrogens (tertiary/aromatic N) is 1. The van der Waals surface area contributed by atoms with E-state index >= 15 is 0 Å². The molecule has 0 aliphatic heterocycles. The van der Waals surface area contributed by atoms with Crippen molar-refractivity contribution in [3.05, 3.63) is 131 Å². The molecule has 1 atom stereocenters. The summed E-state index contributed by atoms with van der Waals surface area (Å²) in [5.74, 6) is 0.860. The zero-order chi connectivity index (χ0) is 28.9. The second-order valence-electron chi connectivity index (χ2n) is 10.3. The van der Waals surface area contributed by atoms with Gasteiger partial charge in [0, 0.05) is 25.7 Å². The van der Waals surface area contributed by atoms with Crippen molar-refractivity contribution in [2.75, 3.05) is 20.2 Å². The first-order valence-corrected chi connectivity index (χ1v) is 14.0. The lowest BCUT2D eigenvalue weighted by Gasteiger charge is -2.18. The molecule has 1 unspecified atom stereocenters. The van der Waals surface area contributed by atoms with Gasteiger partial charge < -0.3 is 19.7 Å². The largest absolute Gasteiger partial charge is 0.489 e. The number of amides is 2. The fraction of sp³-hybridized carbons (Fsp3) is 0.257. The SMILES string of the molecule is CC(Cc1ccccc1)NC(=O)Cc1cc(OCC(=O)N(C)CCc2ccccc2)cc(OCc2ccccc2)c1. The van der Waals surface area contributed by atoms with Gasteiger partial charge in [0.15, 0.2) is 6.61 Å². The molecule has 6 nitrogen and oxygen atoms in total. The molecule has 0 spiro atoms. The Morgan fingerprint density at radius 2 is 1.29 bits per heavy atom. The second kappa shape index (κ2) is 15.3. The van der Waals surface area contributed by atoms with Crippen LogP contribution in [0, 0.1) is 0 Å². The maximum atomic E-state index is 12.9. The summed E-state index contributed by atoms with van der Waals surface area (Å²) >= 11 is 0. The van der Waals surface area contributed by atoms with Crippen LogP contribution in [0.2, 0.25) is 0 Å². The standard InChI is InChI=1S/C35H38N2O4/c1-27(20-29-14-8-4-9-15-29)36-34(38)23-31-21-32(40-25-30-16-10-5-11-17-30)24-33(22-31)41-26-35(39)37(2)19-18-28-12-6-3-7-13-28/h3-17,21-22,24,27H,18-20,23,25-26H2,1-2H3,(H,36,38). The van der Waals surface area contributed by atoms with Crippen LogP contribution in [0.25, 0.3) is 0 Å². The van der Waals surface area contributed by atoms with Crippen LogP contribution >= 0.6 is 0 Å². The van der Waals surface area contributed by atoms with Gasteiger partial charge in [0.05, 0.1) is 6.42 Å². The van der Waals surface area contributed by atoms with Gasteiger partial charge >= 0.3 is 0 Å². The summed E-state index contributed by atoms with van der Waals surface area (Å²) in [6.45, 7) is 2.87. The van der Waals surface area contributed by atoms with Crippen molar-refractivity contribution in [2.45, 2.75) is 38.8 Å². The molecule has 4 aromatic carbocycles. The highest BCUT2D eigenvalue weighted by Crippen LogP contribution is 2.25. The molecule has 212 valence electrons. The first-order chi connectivity index (χ1) is 19.9. The Morgan fingerprint density at radius 1 is 0.732 bits per heavy atom. The fourth-order valence-corrected chi connectivity index (χ4v) is 4.49. The molecular weight excluding hydrogens is 512 g/mol. The number of carbonyl (C=O) groups is 2. The minimum absolute atomic E-state index is 0.0119. The monoisotopic (exact) mass is 550 g/mol. The molecule has 0 radical (unpaired) electrons. The lowest BCUT2D eigenvalue weighted by atomic mass is 10.1. The third-order valence-corrected chi connectivity index (χ3v) is 6.71. The van der Waals surface area contributed by atoms with Crippen molar-refractivity contribution in [3.8, 4) is 11.5 Å². The molecule has 0 aliphatic carbocycles. The van der Waals surface area contributed by atoms with Crippen molar-refractivity contribution in [1.29, 1.82) is 0 Å². The first-order valence-electron chi connectivity index (χ1n) is 14.0. The van der Waals surface area contributed by atoms with E-state index in [-0.39, 0.29) is 30.9 Å². The molecule has 0 saturated carbocycles. The molecule has 0 aromatic heterocycles. The molecule has 2 amide bonds. The zero-order valence-electron chi connectivity index (χ0n) is 23.8. The van der Waals surface area contributed by atoms with E-state index in [4.69, 9.17) is 9.47 Å². The summed E-state index contributed by atoms with van der Waals surface area (Å²) < 4.78 is 12.0. The van der Waals surface area contributed by atoms with Crippen molar-refractivity contribution in [3.63, 3.8) is 0 Å². The predicted octanol–water partition coefficient (Wildman–Crippen LogP) is 5.64. The predicted molar refractivity (Wildman–Crippen MR) is 162 cm³/mol. The third-order valence-electron chi connectivity index (χ3n) is 6.71. The molecule has 41 heavy (non-hydrogen) atoms. The van der Waals surface area contributed by atoms with Gasteiger partial charge in [-0.15, -0.1) is 0 Å². The summed E-state index contributed by atoms with van der Waals surface area (Å²) in [4.78, 5) is 27.4. The highest BCUT2D eigenvalue weighted by molar-refractivity contribution is 5.79. The highest BCUT2D eigenvalue weighted by Gasteiger charge is 2.14. The average molecular weight is 551 g/mol. The van der Waals surface area contributed by atoms with Crippen LogP contribution in [0.4, 0.5) is 0 Å². The van der Waals surface area contributed by atoms with Crippen LogP contribution in [-0.4, -0.2) is 43.0 Å². The molecule has 0 saturated heterocycles. The molecule has 0 heterocycles. The second-order valence-corrected chi connectivity index (χ2v) is 10.3. The lowest BCUT2D eigenvalue weighted by Crippen LogP contribution is -2.35. The van der Waals surface area contributed by atoms with Crippen LogP contribution < -0.4 is 14.8 Å². The van der Waals surface area contributed by atoms with Crippen LogP contribution in [0.15, 0.2) is 109 Å². The van der Waals surface area contributed by atoms with Gasteiger partial charge in [-0.25, -0.2) is 0 Å². The van der Waals surface area contributed by atoms with Gasteiger partial charge in [-0.05, 0) is 54.2 Å². The van der Waals surface area contributed by atoms with Crippen molar-refractivity contribution in [1.82, 2.24) is 10.2 Å². The van der Waals surface area contributed by atoms with Crippen LogP contribution in [-0.2, 0) is 35.5 Å². The Kier molecular flexibility index (Phi) is 11.0. The number of ether oxygens (including phenoxy) is 2. The van der Waals surface area contributed by atoms with E-state index in [0.29, 0.717) is 24.7 Å². The molecule has 4 aromatic rings. The summed E-state index contributed by atoms with van der Waals surface area (Å²) in [7, 11) is 1.78. The van der Waals surface area contributed by atoms with E-state index in [9.17, 15) is 9.59 Å². The van der Waals surface area contributed by atoms with Crippen LogP contribution in [0.3, 0.4) is 0 Å². The minimum atomic E-state index is -0.120. The first kappa shape index (κ1) is 29.4. The van der Waals surface area contributed by atoms with Crippen LogP contribution in [0.5, 0.6) is 11.5 Å². The van der Waals surface area contributed by atoms with E-state index in [0.717, 1.165) is 24.0 Å². The third kappa shape index (κ3) is 10.2. The maximum Gasteiger partial charge on any atom is 0.260 e. The Balaban J connectivity index is 1.37. The zero-order valence-corrected chi connectivity index (χ0v) is 23.8. The van der Waals surface area contributed by atoms with Crippen LogP contribution in [0.1, 0.15) is 29.2 Å². The summed E-state index contributed by atoms with van der Waals surface area (Å²) in [6, 6.07) is 35.4. The number of hydrogen-bond donors (Lipinski definition) is 1. The smallest absolute Gasteiger partial charge is 0.260 e. The number of hydrogen-bond acceptors (Lipinski definition) is 4. The molecule has 0 aliphatic rings. The number of nitrogens with one attached hydrogen (secondary N) is 1. The van der Waals surface area contributed by atoms with Gasteiger partial charge in [-0.3, -0.25) is 9.59 Å². The molecule has 0 bridgehead atoms. The van der Waals surface area contributed by atoms with E-state index < -0.39 is 0 Å². The summed E-state index contributed by atoms with van der Waals surface area (Å²) in [5.41, 5.74) is 4.13. The Hall–Kier alpha value is -4.58. The molecule has 0 fully saturated rings. The number of rotatable bonds is 14. The van der Waals surface area contributed by atoms with Crippen molar-refractivity contribution >= 4 is 11.8 Å². The normalized spacial score (nSPS) is 11.4.